The van der Waals surface area contributed by atoms with E-state index in [9.17, 15) is 19.8 Å². The van der Waals surface area contributed by atoms with E-state index < -0.39 is 18.0 Å². The molecule has 0 saturated carbocycles. The number of carbonyl (C=O) groups excluding carboxylic acids is 1. The molecule has 0 aliphatic carbocycles. The Labute approximate surface area is 180 Å². The maximum atomic E-state index is 12.4. The Hall–Kier alpha value is -1.55. The Morgan fingerprint density at radius 2 is 2.21 bits per heavy atom. The lowest BCUT2D eigenvalue weighted by Gasteiger charge is -2.46. The molecule has 4 rings (SSSR count). The zero-order chi connectivity index (χ0) is 20.2. The number of rotatable bonds is 6. The molecule has 6 atom stereocenters. The van der Waals surface area contributed by atoms with E-state index >= 15 is 0 Å². The Bertz CT molecular complexity index is 842. The minimum absolute atomic E-state index is 0. The minimum atomic E-state index is -1.06. The van der Waals surface area contributed by atoms with Crippen molar-refractivity contribution in [1.82, 2.24) is 19.8 Å². The molecule has 2 fully saturated rings. The van der Waals surface area contributed by atoms with Crippen LogP contribution in [0.5, 0.6) is 0 Å². The molecule has 0 spiro atoms. The number of hydrogen-bond acceptors (Lipinski definition) is 6. The summed E-state index contributed by atoms with van der Waals surface area (Å²) >= 11 is 1.58. The van der Waals surface area contributed by atoms with Crippen molar-refractivity contribution in [3.63, 3.8) is 0 Å². The van der Waals surface area contributed by atoms with Crippen LogP contribution >= 0.6 is 24.2 Å². The second-order valence-electron chi connectivity index (χ2n) is 8.05. The molecular formula is C19H27ClN4O4S. The average Bonchev–Trinajstić information content (AvgIpc) is 3.28. The number of aryl methyl sites for hydroxylation is 1. The summed E-state index contributed by atoms with van der Waals surface area (Å²) in [6.45, 7) is 4.37. The van der Waals surface area contributed by atoms with E-state index in [0.717, 1.165) is 30.0 Å². The van der Waals surface area contributed by atoms with Gasteiger partial charge in [-0.05, 0) is 13.3 Å². The Morgan fingerprint density at radius 3 is 2.79 bits per heavy atom. The van der Waals surface area contributed by atoms with E-state index in [0.29, 0.717) is 6.04 Å². The molecule has 4 heterocycles. The second-order valence-corrected chi connectivity index (χ2v) is 9.39. The lowest BCUT2D eigenvalue weighted by atomic mass is 9.79. The number of carbonyl (C=O) groups is 2. The zero-order valence-electron chi connectivity index (χ0n) is 16.6. The third-order valence-corrected chi connectivity index (χ3v) is 7.67. The van der Waals surface area contributed by atoms with Crippen LogP contribution in [0.15, 0.2) is 23.1 Å². The highest BCUT2D eigenvalue weighted by atomic mass is 35.5. The second kappa shape index (κ2) is 8.29. The highest BCUT2D eigenvalue weighted by Gasteiger charge is 2.60. The largest absolute Gasteiger partial charge is 0.477 e. The zero-order valence-corrected chi connectivity index (χ0v) is 18.2. The Balaban J connectivity index is 0.00000240. The first kappa shape index (κ1) is 22.1. The van der Waals surface area contributed by atoms with Gasteiger partial charge in [-0.15, -0.1) is 24.2 Å². The molecule has 3 aliphatic heterocycles. The molecule has 1 aromatic rings. The van der Waals surface area contributed by atoms with Gasteiger partial charge in [0.25, 0.3) is 0 Å². The maximum Gasteiger partial charge on any atom is 0.353 e. The van der Waals surface area contributed by atoms with Crippen LogP contribution in [0.2, 0.25) is 0 Å². The van der Waals surface area contributed by atoms with Crippen molar-refractivity contribution in [2.75, 3.05) is 6.54 Å². The maximum absolute atomic E-state index is 12.4. The van der Waals surface area contributed by atoms with Gasteiger partial charge in [0, 0.05) is 54.0 Å². The van der Waals surface area contributed by atoms with Crippen LogP contribution in [0.1, 0.15) is 26.0 Å². The highest BCUT2D eigenvalue weighted by molar-refractivity contribution is 8.03. The average molecular weight is 443 g/mol. The van der Waals surface area contributed by atoms with Gasteiger partial charge in [0.15, 0.2) is 0 Å². The fourth-order valence-corrected chi connectivity index (χ4v) is 6.24. The van der Waals surface area contributed by atoms with Gasteiger partial charge in [0.2, 0.25) is 5.91 Å². The van der Waals surface area contributed by atoms with Gasteiger partial charge in [0.1, 0.15) is 5.70 Å². The quantitative estimate of drug-likeness (QED) is 0.564. The summed E-state index contributed by atoms with van der Waals surface area (Å²) in [6.07, 6.45) is 4.70. The Kier molecular flexibility index (Phi) is 6.33. The summed E-state index contributed by atoms with van der Waals surface area (Å²) in [4.78, 5) is 30.6. The smallest absolute Gasteiger partial charge is 0.353 e. The summed E-state index contributed by atoms with van der Waals surface area (Å²) in [6, 6.07) is 0.0723. The van der Waals surface area contributed by atoms with Crippen molar-refractivity contribution in [1.29, 1.82) is 0 Å². The molecule has 160 valence electrons. The van der Waals surface area contributed by atoms with E-state index in [4.69, 9.17) is 0 Å². The normalized spacial score (nSPS) is 32.1. The topological polar surface area (TPSA) is 108 Å². The number of hydrogen-bond donors (Lipinski definition) is 3. The highest BCUT2D eigenvalue weighted by Crippen LogP contribution is 2.51. The Morgan fingerprint density at radius 1 is 1.48 bits per heavy atom. The molecule has 1 aromatic heterocycles. The first-order chi connectivity index (χ1) is 13.3. The fraction of sp³-hybridized carbons (Fsp3) is 0.632. The number of fused-ring (bicyclic) bond motifs is 1. The molecule has 0 aromatic carbocycles. The number of aromatic nitrogens is 2. The van der Waals surface area contributed by atoms with Crippen molar-refractivity contribution >= 4 is 36.0 Å². The number of β-lactam (4-membered cyclic amide) rings is 1. The van der Waals surface area contributed by atoms with Gasteiger partial charge in [-0.2, -0.15) is 0 Å². The van der Waals surface area contributed by atoms with Gasteiger partial charge < -0.3 is 25.0 Å². The molecule has 10 heteroatoms. The number of halogens is 1. The summed E-state index contributed by atoms with van der Waals surface area (Å²) in [7, 11) is 1.98. The van der Waals surface area contributed by atoms with E-state index in [2.05, 4.69) is 10.3 Å². The van der Waals surface area contributed by atoms with E-state index in [1.54, 1.807) is 25.0 Å². The van der Waals surface area contributed by atoms with Crippen molar-refractivity contribution in [3.8, 4) is 0 Å². The monoisotopic (exact) mass is 442 g/mol. The molecule has 1 amide bonds. The molecule has 0 unspecified atom stereocenters. The van der Waals surface area contributed by atoms with E-state index in [-0.39, 0.29) is 41.2 Å². The number of nitrogens with one attached hydrogen (secondary N) is 1. The first-order valence-corrected chi connectivity index (χ1v) is 10.5. The van der Waals surface area contributed by atoms with Crippen molar-refractivity contribution in [2.24, 2.45) is 18.9 Å². The molecule has 8 nitrogen and oxygen atoms in total. The predicted molar refractivity (Wildman–Crippen MR) is 112 cm³/mol. The van der Waals surface area contributed by atoms with Gasteiger partial charge >= 0.3 is 5.97 Å². The van der Waals surface area contributed by atoms with Crippen molar-refractivity contribution in [2.45, 2.75) is 50.1 Å². The number of aliphatic hydroxyl groups excluding tert-OH is 1. The van der Waals surface area contributed by atoms with Crippen LogP contribution in [0.4, 0.5) is 0 Å². The molecule has 3 aliphatic rings. The number of thioether (sulfide) groups is 1. The first-order valence-electron chi connectivity index (χ1n) is 9.63. The van der Waals surface area contributed by atoms with Gasteiger partial charge in [-0.1, -0.05) is 6.92 Å². The molecule has 0 bridgehead atoms. The van der Waals surface area contributed by atoms with E-state index in [1.165, 1.54) is 4.90 Å². The number of aliphatic carboxylic acids is 1. The van der Waals surface area contributed by atoms with Crippen molar-refractivity contribution < 1.29 is 19.8 Å². The lowest BCUT2D eigenvalue weighted by molar-refractivity contribution is -0.163. The van der Waals surface area contributed by atoms with Gasteiger partial charge in [0.05, 0.1) is 24.4 Å². The summed E-state index contributed by atoms with van der Waals surface area (Å²) in [5.41, 5.74) is 1.27. The SMILES string of the molecule is C[C@@H](O)[C@H]1C(=O)N2C(C(=O)O)=C(S[C@@H]3CN[C@H](Cc4cncn4C)C3)[C@H](C)[C@H]12.Cl. The van der Waals surface area contributed by atoms with Crippen LogP contribution in [0, 0.1) is 11.8 Å². The third kappa shape index (κ3) is 3.69. The molecular weight excluding hydrogens is 416 g/mol. The number of nitrogens with zero attached hydrogens (tertiary/aromatic N) is 3. The number of amides is 1. The summed E-state index contributed by atoms with van der Waals surface area (Å²) < 4.78 is 2.01. The van der Waals surface area contributed by atoms with Crippen LogP contribution in [-0.2, 0) is 23.1 Å². The number of imidazole rings is 1. The van der Waals surface area contributed by atoms with Crippen LogP contribution < -0.4 is 5.32 Å². The minimum Gasteiger partial charge on any atom is -0.477 e. The van der Waals surface area contributed by atoms with Gasteiger partial charge in [-0.3, -0.25) is 4.79 Å². The third-order valence-electron chi connectivity index (χ3n) is 6.16. The number of aliphatic hydroxyl groups is 1. The molecule has 0 radical (unpaired) electrons. The van der Waals surface area contributed by atoms with Crippen LogP contribution in [-0.4, -0.2) is 66.5 Å². The van der Waals surface area contributed by atoms with Crippen molar-refractivity contribution in [3.05, 3.63) is 28.8 Å². The molecule has 2 saturated heterocycles. The summed E-state index contributed by atoms with van der Waals surface area (Å²) in [5, 5.41) is 23.5. The molecule has 3 N–H and O–H groups in total. The lowest BCUT2D eigenvalue weighted by Crippen LogP contribution is -2.63. The van der Waals surface area contributed by atoms with E-state index in [1.807, 2.05) is 24.7 Å². The fourth-order valence-electron chi connectivity index (χ4n) is 4.72. The molecule has 29 heavy (non-hydrogen) atoms. The van der Waals surface area contributed by atoms with Crippen LogP contribution in [0.25, 0.3) is 0 Å². The summed E-state index contributed by atoms with van der Waals surface area (Å²) in [5.74, 6) is -1.93. The van der Waals surface area contributed by atoms with Gasteiger partial charge in [-0.25, -0.2) is 9.78 Å². The standard InChI is InChI=1S/C19H26N4O4S.ClH/c1-9-15-14(10(2)24)18(25)23(15)16(19(26)27)17(9)28-13-5-11(21-7-13)4-12-6-20-8-22(12)3;/h6,8-11,13-15,21,24H,4-5,7H2,1-3H3,(H,26,27);1H/t9-,10-,11-,13+,14-,15-;/m1./s1. The predicted octanol–water partition coefficient (Wildman–Crippen LogP) is 1.00. The number of carboxylic acids is 1. The number of carboxylic acid groups (broad SMARTS) is 1. The van der Waals surface area contributed by atoms with Crippen LogP contribution in [0.3, 0.4) is 0 Å².